The van der Waals surface area contributed by atoms with Gasteiger partial charge in [-0.2, -0.15) is 0 Å². The largest absolute Gasteiger partial charge is 0.483 e. The number of hydrogen-bond donors (Lipinski definition) is 1. The molecule has 1 amide bonds. The van der Waals surface area contributed by atoms with Gasteiger partial charge in [-0.25, -0.2) is 4.98 Å². The summed E-state index contributed by atoms with van der Waals surface area (Å²) in [7, 11) is 0. The Morgan fingerprint density at radius 2 is 2.18 bits per heavy atom. The number of amides is 1. The number of aryl methyl sites for hydroxylation is 1. The summed E-state index contributed by atoms with van der Waals surface area (Å²) in [6.07, 6.45) is 0.838. The Hall–Kier alpha value is -2.38. The maximum atomic E-state index is 12.2. The van der Waals surface area contributed by atoms with Gasteiger partial charge in [-0.1, -0.05) is 12.1 Å². The lowest BCUT2D eigenvalue weighted by atomic mass is 10.0. The van der Waals surface area contributed by atoms with E-state index >= 15 is 0 Å². The van der Waals surface area contributed by atoms with Crippen LogP contribution >= 0.6 is 22.7 Å². The quantitative estimate of drug-likeness (QED) is 0.641. The van der Waals surface area contributed by atoms with E-state index in [2.05, 4.69) is 15.7 Å². The number of rotatable bonds is 6. The van der Waals surface area contributed by atoms with Crippen LogP contribution in [0.2, 0.25) is 0 Å². The van der Waals surface area contributed by atoms with Crippen molar-refractivity contribution in [2.24, 2.45) is 0 Å². The first kappa shape index (κ1) is 19.0. The molecular weight excluding hydrogens is 392 g/mol. The second-order valence-corrected chi connectivity index (χ2v) is 9.60. The molecule has 2 aromatic heterocycles. The van der Waals surface area contributed by atoms with Gasteiger partial charge >= 0.3 is 0 Å². The maximum Gasteiger partial charge on any atom is 0.258 e. The van der Waals surface area contributed by atoms with E-state index in [-0.39, 0.29) is 18.1 Å². The van der Waals surface area contributed by atoms with Gasteiger partial charge in [0.25, 0.3) is 5.91 Å². The number of benzene rings is 1. The highest BCUT2D eigenvalue weighted by Gasteiger charge is 2.32. The molecule has 0 atom stereocenters. The average Bonchev–Trinajstić information content (AvgIpc) is 3.35. The van der Waals surface area contributed by atoms with E-state index in [9.17, 15) is 4.79 Å². The minimum atomic E-state index is -0.239. The SMILES string of the molecule is Cc1nc(-c2ccc(CNC(=O)COc3cccc4c3OC(C)(C)C4)s2)cs1. The fourth-order valence-electron chi connectivity index (χ4n) is 3.17. The van der Waals surface area contributed by atoms with E-state index in [0.29, 0.717) is 12.3 Å². The molecule has 0 saturated carbocycles. The monoisotopic (exact) mass is 414 g/mol. The van der Waals surface area contributed by atoms with Crippen LogP contribution in [0.4, 0.5) is 0 Å². The van der Waals surface area contributed by atoms with Crippen LogP contribution in [-0.4, -0.2) is 23.1 Å². The molecule has 5 nitrogen and oxygen atoms in total. The number of aromatic nitrogens is 1. The number of nitrogens with zero attached hydrogens (tertiary/aromatic N) is 1. The third kappa shape index (κ3) is 4.20. The summed E-state index contributed by atoms with van der Waals surface area (Å²) >= 11 is 3.28. The van der Waals surface area contributed by atoms with Gasteiger partial charge in [0.2, 0.25) is 0 Å². The molecule has 0 aliphatic carbocycles. The van der Waals surface area contributed by atoms with E-state index in [1.165, 1.54) is 0 Å². The fraction of sp³-hybridized carbons (Fsp3) is 0.333. The molecule has 0 radical (unpaired) electrons. The molecule has 4 rings (SSSR count). The highest BCUT2D eigenvalue weighted by Crippen LogP contribution is 2.41. The summed E-state index contributed by atoms with van der Waals surface area (Å²) in [6, 6.07) is 9.88. The Balaban J connectivity index is 1.31. The van der Waals surface area contributed by atoms with Crippen molar-refractivity contribution in [2.75, 3.05) is 6.61 Å². The molecule has 3 heterocycles. The van der Waals surface area contributed by atoms with Gasteiger partial charge in [-0.3, -0.25) is 4.79 Å². The van der Waals surface area contributed by atoms with Crippen LogP contribution < -0.4 is 14.8 Å². The third-order valence-electron chi connectivity index (χ3n) is 4.41. The lowest BCUT2D eigenvalue weighted by Gasteiger charge is -2.18. The van der Waals surface area contributed by atoms with Gasteiger partial charge in [0.15, 0.2) is 18.1 Å². The Morgan fingerprint density at radius 3 is 2.96 bits per heavy atom. The van der Waals surface area contributed by atoms with Gasteiger partial charge in [0, 0.05) is 22.2 Å². The predicted octanol–water partition coefficient (Wildman–Crippen LogP) is 4.59. The normalized spacial score (nSPS) is 14.4. The van der Waals surface area contributed by atoms with Crippen molar-refractivity contribution in [3.63, 3.8) is 0 Å². The van der Waals surface area contributed by atoms with Crippen LogP contribution in [0, 0.1) is 6.92 Å². The van der Waals surface area contributed by atoms with E-state index in [0.717, 1.165) is 38.2 Å². The van der Waals surface area contributed by atoms with Crippen LogP contribution in [0.3, 0.4) is 0 Å². The topological polar surface area (TPSA) is 60.5 Å². The zero-order valence-electron chi connectivity index (χ0n) is 16.1. The first-order valence-electron chi connectivity index (χ1n) is 9.11. The van der Waals surface area contributed by atoms with E-state index in [1.54, 1.807) is 22.7 Å². The fourth-order valence-corrected chi connectivity index (χ4v) is 4.76. The zero-order chi connectivity index (χ0) is 19.7. The van der Waals surface area contributed by atoms with Crippen LogP contribution in [0.5, 0.6) is 11.5 Å². The van der Waals surface area contributed by atoms with Crippen LogP contribution in [0.15, 0.2) is 35.7 Å². The van der Waals surface area contributed by atoms with Gasteiger partial charge in [0.05, 0.1) is 22.1 Å². The Morgan fingerprint density at radius 1 is 1.32 bits per heavy atom. The van der Waals surface area contributed by atoms with Crippen molar-refractivity contribution < 1.29 is 14.3 Å². The van der Waals surface area contributed by atoms with Gasteiger partial charge < -0.3 is 14.8 Å². The Labute approximate surface area is 172 Å². The molecule has 1 aliphatic heterocycles. The van der Waals surface area contributed by atoms with Gasteiger partial charge in [-0.05, 0) is 39.0 Å². The van der Waals surface area contributed by atoms with Gasteiger partial charge in [0.1, 0.15) is 5.60 Å². The molecular formula is C21H22N2O3S2. The molecule has 0 fully saturated rings. The van der Waals surface area contributed by atoms with Crippen molar-refractivity contribution in [3.05, 3.63) is 51.2 Å². The van der Waals surface area contributed by atoms with Crippen LogP contribution in [0.25, 0.3) is 10.6 Å². The zero-order valence-corrected chi connectivity index (χ0v) is 17.7. The third-order valence-corrected chi connectivity index (χ3v) is 6.29. The average molecular weight is 415 g/mol. The number of para-hydroxylation sites is 1. The number of carbonyl (C=O) groups excluding carboxylic acids is 1. The first-order valence-corrected chi connectivity index (χ1v) is 10.8. The highest BCUT2D eigenvalue weighted by atomic mass is 32.1. The molecule has 1 aromatic carbocycles. The second-order valence-electron chi connectivity index (χ2n) is 7.37. The van der Waals surface area contributed by atoms with Crippen LogP contribution in [0.1, 0.15) is 29.3 Å². The number of carbonyl (C=O) groups is 1. The minimum absolute atomic E-state index is 0.0379. The minimum Gasteiger partial charge on any atom is -0.483 e. The smallest absolute Gasteiger partial charge is 0.258 e. The van der Waals surface area contributed by atoms with E-state index in [4.69, 9.17) is 9.47 Å². The summed E-state index contributed by atoms with van der Waals surface area (Å²) in [5.41, 5.74) is 1.87. The van der Waals surface area contributed by atoms with Crippen molar-refractivity contribution in [1.29, 1.82) is 0 Å². The Bertz CT molecular complexity index is 1010. The number of fused-ring (bicyclic) bond motifs is 1. The second kappa shape index (κ2) is 7.56. The van der Waals surface area contributed by atoms with E-state index < -0.39 is 0 Å². The molecule has 1 N–H and O–H groups in total. The summed E-state index contributed by atoms with van der Waals surface area (Å²) in [5, 5.41) is 6.02. The predicted molar refractivity (Wildman–Crippen MR) is 112 cm³/mol. The van der Waals surface area contributed by atoms with Crippen molar-refractivity contribution in [3.8, 4) is 22.1 Å². The lowest BCUT2D eigenvalue weighted by molar-refractivity contribution is -0.123. The summed E-state index contributed by atoms with van der Waals surface area (Å²) in [5.74, 6) is 1.21. The van der Waals surface area contributed by atoms with Crippen molar-refractivity contribution >= 4 is 28.6 Å². The molecule has 0 saturated heterocycles. The molecule has 146 valence electrons. The molecule has 3 aromatic rings. The molecule has 0 bridgehead atoms. The molecule has 7 heteroatoms. The van der Waals surface area contributed by atoms with Crippen molar-refractivity contribution in [2.45, 2.75) is 39.3 Å². The highest BCUT2D eigenvalue weighted by molar-refractivity contribution is 7.16. The summed E-state index contributed by atoms with van der Waals surface area (Å²) < 4.78 is 11.7. The van der Waals surface area contributed by atoms with Crippen LogP contribution in [-0.2, 0) is 17.8 Å². The molecule has 28 heavy (non-hydrogen) atoms. The number of hydrogen-bond acceptors (Lipinski definition) is 6. The molecule has 1 aliphatic rings. The maximum absolute atomic E-state index is 12.2. The number of thiazole rings is 1. The summed E-state index contributed by atoms with van der Waals surface area (Å²) in [6.45, 7) is 6.53. The molecule has 0 spiro atoms. The summed E-state index contributed by atoms with van der Waals surface area (Å²) in [4.78, 5) is 18.9. The number of nitrogens with one attached hydrogen (secondary N) is 1. The van der Waals surface area contributed by atoms with Gasteiger partial charge in [-0.15, -0.1) is 22.7 Å². The molecule has 0 unspecified atom stereocenters. The lowest BCUT2D eigenvalue weighted by Crippen LogP contribution is -2.28. The number of ether oxygens (including phenoxy) is 2. The number of thiophene rings is 1. The Kier molecular flexibility index (Phi) is 5.12. The van der Waals surface area contributed by atoms with E-state index in [1.807, 2.05) is 51.1 Å². The van der Waals surface area contributed by atoms with Crippen molar-refractivity contribution in [1.82, 2.24) is 10.3 Å². The first-order chi connectivity index (χ1) is 13.4. The standard InChI is InChI=1S/C21H22N2O3S2/c1-13-23-16(12-27-13)18-8-7-15(28-18)10-22-19(24)11-25-17-6-4-5-14-9-21(2,3)26-20(14)17/h4-8,12H,9-11H2,1-3H3,(H,22,24).